The molecule has 0 saturated heterocycles. The van der Waals surface area contributed by atoms with E-state index in [9.17, 15) is 9.59 Å². The molecular formula is C38H42ClNO4. The number of hydrogen-bond donors (Lipinski definition) is 0. The fourth-order valence-electron chi connectivity index (χ4n) is 7.41. The van der Waals surface area contributed by atoms with Gasteiger partial charge in [-0.05, 0) is 64.1 Å². The molecule has 6 heteroatoms. The van der Waals surface area contributed by atoms with E-state index in [2.05, 4.69) is 56.9 Å². The lowest BCUT2D eigenvalue weighted by molar-refractivity contribution is -0.119. The summed E-state index contributed by atoms with van der Waals surface area (Å²) in [6, 6.07) is 20.2. The topological polar surface area (TPSA) is 55.8 Å². The maximum Gasteiger partial charge on any atom is 0.162 e. The van der Waals surface area contributed by atoms with Crippen LogP contribution < -0.4 is 4.74 Å². The number of Topliss-reactive ketones (excluding diaryl/α,β-unsaturated/α-hetero) is 2. The van der Waals surface area contributed by atoms with Crippen molar-refractivity contribution < 1.29 is 19.1 Å². The SMILES string of the molecule is COCCCN1C2=C(C(=O)CC(C)(C)C2)C(c2ccc(OCc3cccc4ccccc34)c(Cl)c2)C2=C1CC(C)(C)CC2=O. The summed E-state index contributed by atoms with van der Waals surface area (Å²) in [4.78, 5) is 30.4. The summed E-state index contributed by atoms with van der Waals surface area (Å²) in [7, 11) is 1.71. The lowest BCUT2D eigenvalue weighted by Crippen LogP contribution is -2.44. The van der Waals surface area contributed by atoms with E-state index < -0.39 is 5.92 Å². The minimum Gasteiger partial charge on any atom is -0.487 e. The van der Waals surface area contributed by atoms with Gasteiger partial charge in [0, 0.05) is 61.6 Å². The Hall–Kier alpha value is -3.41. The van der Waals surface area contributed by atoms with E-state index in [1.807, 2.05) is 36.4 Å². The molecule has 1 heterocycles. The van der Waals surface area contributed by atoms with Crippen LogP contribution in [0.5, 0.6) is 5.75 Å². The van der Waals surface area contributed by atoms with Gasteiger partial charge in [-0.3, -0.25) is 9.59 Å². The first-order chi connectivity index (χ1) is 21.0. The Morgan fingerprint density at radius 1 is 0.841 bits per heavy atom. The average molecular weight is 612 g/mol. The normalized spacial score (nSPS) is 19.8. The van der Waals surface area contributed by atoms with E-state index in [1.54, 1.807) is 7.11 Å². The van der Waals surface area contributed by atoms with Crippen LogP contribution in [0.2, 0.25) is 5.02 Å². The van der Waals surface area contributed by atoms with Crippen LogP contribution in [-0.2, 0) is 20.9 Å². The molecule has 44 heavy (non-hydrogen) atoms. The summed E-state index contributed by atoms with van der Waals surface area (Å²) in [5, 5.41) is 2.79. The third-order valence-electron chi connectivity index (χ3n) is 9.30. The van der Waals surface area contributed by atoms with E-state index >= 15 is 0 Å². The van der Waals surface area contributed by atoms with Crippen LogP contribution in [0.4, 0.5) is 0 Å². The Morgan fingerprint density at radius 2 is 1.48 bits per heavy atom. The molecule has 230 valence electrons. The second-order valence-corrected chi connectivity index (χ2v) is 14.6. The van der Waals surface area contributed by atoms with Crippen LogP contribution in [-0.4, -0.2) is 36.7 Å². The minimum atomic E-state index is -0.435. The number of ketones is 2. The average Bonchev–Trinajstić information content (AvgIpc) is 2.95. The summed E-state index contributed by atoms with van der Waals surface area (Å²) < 4.78 is 11.6. The van der Waals surface area contributed by atoms with Crippen molar-refractivity contribution in [1.82, 2.24) is 4.90 Å². The summed E-state index contributed by atoms with van der Waals surface area (Å²) in [5.41, 5.74) is 5.26. The number of methoxy groups -OCH3 is 1. The van der Waals surface area contributed by atoms with Gasteiger partial charge in [-0.25, -0.2) is 0 Å². The Bertz CT molecular complexity index is 1640. The van der Waals surface area contributed by atoms with Crippen LogP contribution in [0.3, 0.4) is 0 Å². The molecular weight excluding hydrogens is 570 g/mol. The number of carbonyl (C=O) groups is 2. The van der Waals surface area contributed by atoms with Crippen LogP contribution in [0.25, 0.3) is 10.8 Å². The Morgan fingerprint density at radius 3 is 2.11 bits per heavy atom. The molecule has 2 aliphatic carbocycles. The van der Waals surface area contributed by atoms with E-state index in [1.165, 1.54) is 0 Å². The lowest BCUT2D eigenvalue weighted by Gasteiger charge is -2.49. The highest BCUT2D eigenvalue weighted by atomic mass is 35.5. The number of carbonyl (C=O) groups excluding carboxylic acids is 2. The highest BCUT2D eigenvalue weighted by Gasteiger charge is 2.48. The summed E-state index contributed by atoms with van der Waals surface area (Å²) in [6.07, 6.45) is 3.28. The van der Waals surface area contributed by atoms with Crippen LogP contribution in [0.15, 0.2) is 83.2 Å². The fourth-order valence-corrected chi connectivity index (χ4v) is 7.65. The zero-order chi connectivity index (χ0) is 31.2. The Balaban J connectivity index is 1.40. The molecule has 0 fully saturated rings. The Kier molecular flexibility index (Phi) is 8.23. The molecule has 0 bridgehead atoms. The molecule has 0 amide bonds. The van der Waals surface area contributed by atoms with Gasteiger partial charge >= 0.3 is 0 Å². The highest BCUT2D eigenvalue weighted by molar-refractivity contribution is 6.32. The highest BCUT2D eigenvalue weighted by Crippen LogP contribution is 2.54. The molecule has 6 rings (SSSR count). The molecule has 0 atom stereocenters. The first kappa shape index (κ1) is 30.6. The molecule has 5 nitrogen and oxygen atoms in total. The van der Waals surface area contributed by atoms with Crippen LogP contribution >= 0.6 is 11.6 Å². The molecule has 0 unspecified atom stereocenters. The van der Waals surface area contributed by atoms with Crippen molar-refractivity contribution in [3.63, 3.8) is 0 Å². The maximum atomic E-state index is 14.0. The monoisotopic (exact) mass is 611 g/mol. The van der Waals surface area contributed by atoms with E-state index in [0.717, 1.165) is 63.7 Å². The number of nitrogens with zero attached hydrogens (tertiary/aromatic N) is 1. The van der Waals surface area contributed by atoms with Gasteiger partial charge in [-0.2, -0.15) is 0 Å². The number of fused-ring (bicyclic) bond motifs is 1. The lowest BCUT2D eigenvalue weighted by atomic mass is 9.63. The van der Waals surface area contributed by atoms with E-state index in [4.69, 9.17) is 21.1 Å². The van der Waals surface area contributed by atoms with Gasteiger partial charge in [0.15, 0.2) is 11.6 Å². The number of ether oxygens (including phenoxy) is 2. The third kappa shape index (κ3) is 5.84. The molecule has 3 aromatic rings. The van der Waals surface area contributed by atoms with E-state index in [0.29, 0.717) is 43.4 Å². The Labute approximate surface area is 265 Å². The maximum absolute atomic E-state index is 14.0. The minimum absolute atomic E-state index is 0.120. The zero-order valence-electron chi connectivity index (χ0n) is 26.5. The third-order valence-corrected chi connectivity index (χ3v) is 9.60. The number of benzene rings is 3. The van der Waals surface area contributed by atoms with Crippen molar-refractivity contribution in [2.24, 2.45) is 10.8 Å². The standard InChI is InChI=1S/C38H42ClNO4/c1-37(2)19-29-35(31(41)21-37)34(36-30(40(29)16-9-17-43-5)20-38(3,4)22-32(36)42)25-14-15-33(28(39)18-25)44-23-26-12-8-11-24-10-6-7-13-27(24)26/h6-8,10-15,18,34H,9,16-17,19-23H2,1-5H3. The fraction of sp³-hybridized carbons (Fsp3) is 0.421. The number of hydrogen-bond acceptors (Lipinski definition) is 5. The van der Waals surface area contributed by atoms with Crippen molar-refractivity contribution in [2.75, 3.05) is 20.3 Å². The predicted molar refractivity (Wildman–Crippen MR) is 176 cm³/mol. The van der Waals surface area contributed by atoms with E-state index in [-0.39, 0.29) is 22.4 Å². The first-order valence-corrected chi connectivity index (χ1v) is 16.0. The molecule has 0 spiro atoms. The molecule has 3 aromatic carbocycles. The number of allylic oxidation sites excluding steroid dienone is 4. The van der Waals surface area contributed by atoms with Gasteiger partial charge in [-0.1, -0.05) is 87.8 Å². The molecule has 0 aromatic heterocycles. The quantitative estimate of drug-likeness (QED) is 0.238. The molecule has 3 aliphatic rings. The van der Waals surface area contributed by atoms with Gasteiger partial charge < -0.3 is 14.4 Å². The first-order valence-electron chi connectivity index (χ1n) is 15.7. The van der Waals surface area contributed by atoms with Gasteiger partial charge in [-0.15, -0.1) is 0 Å². The molecule has 0 N–H and O–H groups in total. The zero-order valence-corrected chi connectivity index (χ0v) is 27.2. The second kappa shape index (κ2) is 11.8. The van der Waals surface area contributed by atoms with Gasteiger partial charge in [0.1, 0.15) is 12.4 Å². The van der Waals surface area contributed by atoms with Crippen LogP contribution in [0.1, 0.15) is 76.8 Å². The molecule has 1 aliphatic heterocycles. The smallest absolute Gasteiger partial charge is 0.162 e. The number of halogens is 1. The van der Waals surface area contributed by atoms with Crippen molar-refractivity contribution in [1.29, 1.82) is 0 Å². The largest absolute Gasteiger partial charge is 0.487 e. The van der Waals surface area contributed by atoms with Gasteiger partial charge in [0.2, 0.25) is 0 Å². The molecule has 0 radical (unpaired) electrons. The van der Waals surface area contributed by atoms with Crippen molar-refractivity contribution >= 4 is 33.9 Å². The van der Waals surface area contributed by atoms with Crippen LogP contribution in [0, 0.1) is 10.8 Å². The number of rotatable bonds is 8. The summed E-state index contributed by atoms with van der Waals surface area (Å²) >= 11 is 6.91. The van der Waals surface area contributed by atoms with Crippen molar-refractivity contribution in [3.05, 3.63) is 99.4 Å². The van der Waals surface area contributed by atoms with Crippen molar-refractivity contribution in [2.45, 2.75) is 72.3 Å². The van der Waals surface area contributed by atoms with Gasteiger partial charge in [0.05, 0.1) is 5.02 Å². The van der Waals surface area contributed by atoms with Crippen molar-refractivity contribution in [3.8, 4) is 5.75 Å². The second-order valence-electron chi connectivity index (χ2n) is 14.2. The predicted octanol–water partition coefficient (Wildman–Crippen LogP) is 8.79. The molecule has 0 saturated carbocycles. The summed E-state index contributed by atoms with van der Waals surface area (Å²) in [6.45, 7) is 10.4. The summed E-state index contributed by atoms with van der Waals surface area (Å²) in [5.74, 6) is 0.385. The van der Waals surface area contributed by atoms with Gasteiger partial charge in [0.25, 0.3) is 0 Å².